The third-order valence-corrected chi connectivity index (χ3v) is 3.15. The molecule has 1 N–H and O–H groups in total. The summed E-state index contributed by atoms with van der Waals surface area (Å²) >= 11 is 3.42. The van der Waals surface area contributed by atoms with Crippen molar-refractivity contribution in [3.63, 3.8) is 0 Å². The smallest absolute Gasteiger partial charge is 0.0702 e. The molecule has 0 atom stereocenters. The first-order valence-electron chi connectivity index (χ1n) is 4.95. The predicted octanol–water partition coefficient (Wildman–Crippen LogP) is 2.54. The van der Waals surface area contributed by atoms with Crippen molar-refractivity contribution in [1.82, 2.24) is 0 Å². The third kappa shape index (κ3) is 1.93. The highest BCUT2D eigenvalue weighted by molar-refractivity contribution is 9.10. The normalized spacial score (nSPS) is 16.3. The standard InChI is InChI=1S/C11H14BrNO/c12-10-3-4-11(9(7-10)8-14)13-5-1-2-6-13/h3-4,7,14H,1-2,5-6,8H2. The predicted molar refractivity (Wildman–Crippen MR) is 61.5 cm³/mol. The number of hydrogen-bond acceptors (Lipinski definition) is 2. The second-order valence-corrected chi connectivity index (χ2v) is 4.54. The van der Waals surface area contributed by atoms with Crippen molar-refractivity contribution in [2.75, 3.05) is 18.0 Å². The third-order valence-electron chi connectivity index (χ3n) is 2.66. The van der Waals surface area contributed by atoms with Gasteiger partial charge in [0.1, 0.15) is 0 Å². The molecule has 1 saturated heterocycles. The first kappa shape index (κ1) is 9.99. The Morgan fingerprint density at radius 3 is 2.64 bits per heavy atom. The van der Waals surface area contributed by atoms with Crippen molar-refractivity contribution in [3.8, 4) is 0 Å². The summed E-state index contributed by atoms with van der Waals surface area (Å²) in [7, 11) is 0. The van der Waals surface area contributed by atoms with Crippen LogP contribution in [0.3, 0.4) is 0 Å². The Labute approximate surface area is 92.7 Å². The average Bonchev–Trinajstić information content (AvgIpc) is 2.70. The fourth-order valence-corrected chi connectivity index (χ4v) is 2.36. The molecular weight excluding hydrogens is 242 g/mol. The number of anilines is 1. The van der Waals surface area contributed by atoms with Crippen LogP contribution in [0.4, 0.5) is 5.69 Å². The van der Waals surface area contributed by atoms with Gasteiger partial charge in [-0.1, -0.05) is 15.9 Å². The molecule has 0 spiro atoms. The molecule has 0 unspecified atom stereocenters. The van der Waals surface area contributed by atoms with E-state index in [1.165, 1.54) is 18.5 Å². The number of nitrogens with zero attached hydrogens (tertiary/aromatic N) is 1. The van der Waals surface area contributed by atoms with Crippen LogP contribution in [0, 0.1) is 0 Å². The molecule has 1 aliphatic rings. The van der Waals surface area contributed by atoms with Crippen LogP contribution in [-0.4, -0.2) is 18.2 Å². The molecule has 14 heavy (non-hydrogen) atoms. The molecule has 2 rings (SSSR count). The van der Waals surface area contributed by atoms with Crippen molar-refractivity contribution in [1.29, 1.82) is 0 Å². The van der Waals surface area contributed by atoms with Crippen LogP contribution in [0.5, 0.6) is 0 Å². The number of rotatable bonds is 2. The van der Waals surface area contributed by atoms with Gasteiger partial charge in [0.05, 0.1) is 6.61 Å². The first-order valence-corrected chi connectivity index (χ1v) is 5.75. The maximum absolute atomic E-state index is 9.26. The molecule has 0 amide bonds. The van der Waals surface area contributed by atoms with Gasteiger partial charge in [-0.3, -0.25) is 0 Å². The van der Waals surface area contributed by atoms with Crippen LogP contribution in [-0.2, 0) is 6.61 Å². The summed E-state index contributed by atoms with van der Waals surface area (Å²) < 4.78 is 1.03. The highest BCUT2D eigenvalue weighted by Gasteiger charge is 2.15. The number of aliphatic hydroxyl groups is 1. The molecule has 1 heterocycles. The maximum Gasteiger partial charge on any atom is 0.0702 e. The molecular formula is C11H14BrNO. The van der Waals surface area contributed by atoms with Gasteiger partial charge in [0, 0.05) is 28.8 Å². The van der Waals surface area contributed by atoms with E-state index in [1.54, 1.807) is 0 Å². The molecule has 3 heteroatoms. The number of benzene rings is 1. The molecule has 2 nitrogen and oxygen atoms in total. The maximum atomic E-state index is 9.26. The van der Waals surface area contributed by atoms with Gasteiger partial charge in [0.25, 0.3) is 0 Å². The largest absolute Gasteiger partial charge is 0.392 e. The molecule has 1 aromatic carbocycles. The van der Waals surface area contributed by atoms with Crippen molar-refractivity contribution in [3.05, 3.63) is 28.2 Å². The summed E-state index contributed by atoms with van der Waals surface area (Å²) in [6, 6.07) is 6.11. The van der Waals surface area contributed by atoms with E-state index < -0.39 is 0 Å². The van der Waals surface area contributed by atoms with Crippen LogP contribution in [0.2, 0.25) is 0 Å². The molecule has 0 saturated carbocycles. The number of hydrogen-bond donors (Lipinski definition) is 1. The minimum absolute atomic E-state index is 0.116. The molecule has 0 aromatic heterocycles. The lowest BCUT2D eigenvalue weighted by atomic mass is 10.2. The Hall–Kier alpha value is -0.540. The second-order valence-electron chi connectivity index (χ2n) is 3.63. The number of halogens is 1. The highest BCUT2D eigenvalue weighted by atomic mass is 79.9. The molecule has 0 bridgehead atoms. The van der Waals surface area contributed by atoms with Gasteiger partial charge in [-0.25, -0.2) is 0 Å². The van der Waals surface area contributed by atoms with Crippen LogP contribution < -0.4 is 4.90 Å². The van der Waals surface area contributed by atoms with E-state index in [0.29, 0.717) is 0 Å². The zero-order valence-electron chi connectivity index (χ0n) is 8.04. The van der Waals surface area contributed by atoms with Gasteiger partial charge >= 0.3 is 0 Å². The zero-order chi connectivity index (χ0) is 9.97. The average molecular weight is 256 g/mol. The lowest BCUT2D eigenvalue weighted by Crippen LogP contribution is -2.19. The van der Waals surface area contributed by atoms with Gasteiger partial charge in [-0.2, -0.15) is 0 Å². The summed E-state index contributed by atoms with van der Waals surface area (Å²) in [5.41, 5.74) is 2.20. The van der Waals surface area contributed by atoms with E-state index in [2.05, 4.69) is 26.9 Å². The van der Waals surface area contributed by atoms with Crippen LogP contribution in [0.25, 0.3) is 0 Å². The molecule has 0 aliphatic carbocycles. The monoisotopic (exact) mass is 255 g/mol. The van der Waals surface area contributed by atoms with E-state index in [4.69, 9.17) is 0 Å². The van der Waals surface area contributed by atoms with Gasteiger partial charge < -0.3 is 10.0 Å². The summed E-state index contributed by atoms with van der Waals surface area (Å²) in [5, 5.41) is 9.26. The quantitative estimate of drug-likeness (QED) is 0.878. The van der Waals surface area contributed by atoms with Crippen LogP contribution in [0.1, 0.15) is 18.4 Å². The minimum atomic E-state index is 0.116. The van der Waals surface area contributed by atoms with Gasteiger partial charge in [-0.05, 0) is 31.0 Å². The van der Waals surface area contributed by atoms with E-state index >= 15 is 0 Å². The Balaban J connectivity index is 2.31. The topological polar surface area (TPSA) is 23.5 Å². The van der Waals surface area contributed by atoms with Crippen molar-refractivity contribution in [2.45, 2.75) is 19.4 Å². The fourth-order valence-electron chi connectivity index (χ4n) is 1.95. The Bertz CT molecular complexity index is 321. The summed E-state index contributed by atoms with van der Waals surface area (Å²) in [6.07, 6.45) is 2.53. The Morgan fingerprint density at radius 2 is 2.00 bits per heavy atom. The SMILES string of the molecule is OCc1cc(Br)ccc1N1CCCC1. The summed E-state index contributed by atoms with van der Waals surface area (Å²) in [4.78, 5) is 2.35. The van der Waals surface area contributed by atoms with E-state index in [1.807, 2.05) is 12.1 Å². The van der Waals surface area contributed by atoms with Crippen LogP contribution >= 0.6 is 15.9 Å². The highest BCUT2D eigenvalue weighted by Crippen LogP contribution is 2.27. The second kappa shape index (κ2) is 4.32. The molecule has 1 fully saturated rings. The number of aliphatic hydroxyl groups excluding tert-OH is 1. The van der Waals surface area contributed by atoms with Gasteiger partial charge in [0.15, 0.2) is 0 Å². The molecule has 1 aliphatic heterocycles. The van der Waals surface area contributed by atoms with E-state index in [-0.39, 0.29) is 6.61 Å². The zero-order valence-corrected chi connectivity index (χ0v) is 9.63. The van der Waals surface area contributed by atoms with Gasteiger partial charge in [-0.15, -0.1) is 0 Å². The Morgan fingerprint density at radius 1 is 1.29 bits per heavy atom. The Kier molecular flexibility index (Phi) is 3.08. The summed E-state index contributed by atoms with van der Waals surface area (Å²) in [5.74, 6) is 0. The minimum Gasteiger partial charge on any atom is -0.392 e. The van der Waals surface area contributed by atoms with Crippen molar-refractivity contribution in [2.24, 2.45) is 0 Å². The van der Waals surface area contributed by atoms with Crippen LogP contribution in [0.15, 0.2) is 22.7 Å². The summed E-state index contributed by atoms with van der Waals surface area (Å²) in [6.45, 7) is 2.36. The first-order chi connectivity index (χ1) is 6.81. The molecule has 0 radical (unpaired) electrons. The van der Waals surface area contributed by atoms with Crippen molar-refractivity contribution < 1.29 is 5.11 Å². The molecule has 1 aromatic rings. The lowest BCUT2D eigenvalue weighted by molar-refractivity contribution is 0.282. The van der Waals surface area contributed by atoms with E-state index in [0.717, 1.165) is 23.1 Å². The lowest BCUT2D eigenvalue weighted by Gasteiger charge is -2.20. The fraction of sp³-hybridized carbons (Fsp3) is 0.455. The van der Waals surface area contributed by atoms with Gasteiger partial charge in [0.2, 0.25) is 0 Å². The van der Waals surface area contributed by atoms with Crippen molar-refractivity contribution >= 4 is 21.6 Å². The molecule has 76 valence electrons. The van der Waals surface area contributed by atoms with E-state index in [9.17, 15) is 5.11 Å².